The number of benzene rings is 4. The van der Waals surface area contributed by atoms with Gasteiger partial charge in [-0.15, -0.1) is 0 Å². The Morgan fingerprint density at radius 2 is 0.848 bits per heavy atom. The average Bonchev–Trinajstić information content (AvgIpc) is 3.31. The van der Waals surface area contributed by atoms with Crippen LogP contribution in [-0.4, -0.2) is 103 Å². The van der Waals surface area contributed by atoms with Crippen molar-refractivity contribution in [3.05, 3.63) is 148 Å². The summed E-state index contributed by atoms with van der Waals surface area (Å²) in [5, 5.41) is 20.4. The van der Waals surface area contributed by atoms with Crippen molar-refractivity contribution in [2.75, 3.05) is 41.7 Å². The van der Waals surface area contributed by atoms with Crippen molar-refractivity contribution < 1.29 is 67.3 Å². The van der Waals surface area contributed by atoms with Crippen LogP contribution in [0.15, 0.2) is 103 Å². The van der Waals surface area contributed by atoms with E-state index in [0.29, 0.717) is 23.0 Å². The average molecular weight is 910 g/mol. The van der Waals surface area contributed by atoms with E-state index < -0.39 is 36.7 Å². The molecular weight excluding hydrogens is 855 g/mol. The maximum atomic E-state index is 13.6. The zero-order valence-electron chi connectivity index (χ0n) is 37.8. The van der Waals surface area contributed by atoms with Crippen LogP contribution in [0.1, 0.15) is 68.1 Å². The van der Waals surface area contributed by atoms with Gasteiger partial charge < -0.3 is 48.1 Å². The smallest absolute Gasteiger partial charge is 0.412 e. The Balaban J connectivity index is 1.21. The van der Waals surface area contributed by atoms with Crippen molar-refractivity contribution in [3.63, 3.8) is 0 Å². The lowest BCUT2D eigenvalue weighted by molar-refractivity contribution is -0.1000. The summed E-state index contributed by atoms with van der Waals surface area (Å²) < 4.78 is 44.0. The number of carboxylic acid groups (broad SMARTS) is 2. The monoisotopic (exact) mass is 909 g/mol. The van der Waals surface area contributed by atoms with Crippen LogP contribution in [0.5, 0.6) is 23.0 Å². The molecule has 2 atom stereocenters. The number of rotatable bonds is 24. The Labute approximate surface area is 383 Å². The molecule has 350 valence electrons. The van der Waals surface area contributed by atoms with Crippen molar-refractivity contribution in [3.8, 4) is 23.0 Å². The first-order chi connectivity index (χ1) is 31.8. The maximum Gasteiger partial charge on any atom is 0.412 e. The first kappa shape index (κ1) is 49.6. The fourth-order valence-electron chi connectivity index (χ4n) is 6.80. The molecule has 4 aromatic carbocycles. The fourth-order valence-corrected chi connectivity index (χ4v) is 6.80. The van der Waals surface area contributed by atoms with Gasteiger partial charge in [-0.1, -0.05) is 48.5 Å². The lowest BCUT2D eigenvalue weighted by Gasteiger charge is -2.25. The summed E-state index contributed by atoms with van der Waals surface area (Å²) in [6, 6.07) is 29.0. The molecule has 0 aliphatic heterocycles. The molecule has 17 nitrogen and oxygen atoms in total. The first-order valence-corrected chi connectivity index (χ1v) is 20.9. The second-order valence-corrected chi connectivity index (χ2v) is 14.8. The number of methoxy groups -OCH3 is 4. The third-order valence-corrected chi connectivity index (χ3v) is 10.3. The molecule has 2 unspecified atom stereocenters. The second kappa shape index (κ2) is 24.6. The molecule has 66 heavy (non-hydrogen) atoms. The molecule has 0 aliphatic rings. The highest BCUT2D eigenvalue weighted by Gasteiger charge is 2.26. The van der Waals surface area contributed by atoms with Gasteiger partial charge in [-0.05, 0) is 96.6 Å². The maximum absolute atomic E-state index is 13.6. The van der Waals surface area contributed by atoms with Crippen LogP contribution in [0.25, 0.3) is 0 Å². The quantitative estimate of drug-likeness (QED) is 0.0564. The number of carboxylic acids is 2. The summed E-state index contributed by atoms with van der Waals surface area (Å²) in [6.45, 7) is 3.53. The number of carbonyl (C=O) groups excluding carboxylic acids is 2. The van der Waals surface area contributed by atoms with Crippen molar-refractivity contribution in [1.29, 1.82) is 0 Å². The van der Waals surface area contributed by atoms with Crippen LogP contribution in [0.3, 0.4) is 0 Å². The van der Waals surface area contributed by atoms with E-state index in [0.717, 1.165) is 28.5 Å². The number of amides is 2. The van der Waals surface area contributed by atoms with E-state index in [1.807, 2.05) is 48.5 Å². The minimum absolute atomic E-state index is 0.0358. The molecule has 1 heterocycles. The summed E-state index contributed by atoms with van der Waals surface area (Å²) in [5.41, 5.74) is 2.66. The Kier molecular flexibility index (Phi) is 18.5. The molecule has 1 aromatic heterocycles. The van der Waals surface area contributed by atoms with Gasteiger partial charge in [0.25, 0.3) is 0 Å². The third-order valence-electron chi connectivity index (χ3n) is 10.3. The summed E-state index contributed by atoms with van der Waals surface area (Å²) in [7, 11) is 6.26. The lowest BCUT2D eigenvalue weighted by atomic mass is 9.97. The molecule has 5 rings (SSSR count). The first-order valence-electron chi connectivity index (χ1n) is 20.9. The number of aromatic nitrogens is 1. The van der Waals surface area contributed by atoms with Crippen LogP contribution in [0, 0.1) is 0 Å². The third kappa shape index (κ3) is 14.6. The zero-order valence-corrected chi connectivity index (χ0v) is 37.8. The van der Waals surface area contributed by atoms with Gasteiger partial charge in [0.1, 0.15) is 23.0 Å². The fraction of sp³-hybridized carbons (Fsp3) is 0.327. The molecule has 0 saturated carbocycles. The predicted molar refractivity (Wildman–Crippen MR) is 240 cm³/mol. The Bertz CT molecular complexity index is 2260. The van der Waals surface area contributed by atoms with Gasteiger partial charge >= 0.3 is 24.1 Å². The van der Waals surface area contributed by atoms with Gasteiger partial charge in [-0.3, -0.25) is 14.8 Å². The van der Waals surface area contributed by atoms with Crippen LogP contribution in [0.4, 0.5) is 9.59 Å². The molecule has 0 spiro atoms. The van der Waals surface area contributed by atoms with Crippen LogP contribution in [0.2, 0.25) is 0 Å². The van der Waals surface area contributed by atoms with Gasteiger partial charge in [0.15, 0.2) is 0 Å². The van der Waals surface area contributed by atoms with Crippen molar-refractivity contribution in [2.24, 2.45) is 0 Å². The van der Waals surface area contributed by atoms with E-state index in [4.69, 9.17) is 37.9 Å². The molecule has 17 heteroatoms. The summed E-state index contributed by atoms with van der Waals surface area (Å²) in [6.07, 6.45) is -2.65. The second-order valence-electron chi connectivity index (χ2n) is 14.8. The van der Waals surface area contributed by atoms with E-state index in [1.165, 1.54) is 23.6 Å². The Morgan fingerprint density at radius 3 is 1.15 bits per heavy atom. The Morgan fingerprint density at radius 1 is 0.515 bits per heavy atom. The standard InChI is InChI=1S/C49H55N3O14/c1-32(65-48(57)51(28-34-7-15-38(59-3)16-8-34)29-35-9-17-39(60-4)18-10-35)63-25-23-42-43(46(53)54)27-50-44(45(42)47(55)56)24-26-64-33(2)66-49(58)52(30-36-11-19-40(61-5)20-12-36)31-37-13-21-41(62-6)22-14-37/h7-22,27,32-33H,23-26,28-31H2,1-6H3,(H,53,54)(H,55,56). The highest BCUT2D eigenvalue weighted by atomic mass is 16.7. The number of pyridine rings is 1. The number of hydrogen-bond donors (Lipinski definition) is 2. The topological polar surface area (TPSA) is 202 Å². The highest BCUT2D eigenvalue weighted by Crippen LogP contribution is 2.23. The van der Waals surface area contributed by atoms with Gasteiger partial charge in [0.2, 0.25) is 12.6 Å². The predicted octanol–water partition coefficient (Wildman–Crippen LogP) is 8.00. The van der Waals surface area contributed by atoms with Gasteiger partial charge in [0, 0.05) is 38.8 Å². The van der Waals surface area contributed by atoms with Crippen molar-refractivity contribution in [1.82, 2.24) is 14.8 Å². The number of carbonyl (C=O) groups is 4. The minimum atomic E-state index is -1.41. The minimum Gasteiger partial charge on any atom is -0.497 e. The molecule has 0 saturated heterocycles. The summed E-state index contributed by atoms with van der Waals surface area (Å²) in [4.78, 5) is 59.3. The van der Waals surface area contributed by atoms with Gasteiger partial charge in [0.05, 0.1) is 58.5 Å². The summed E-state index contributed by atoms with van der Waals surface area (Å²) >= 11 is 0. The molecule has 5 aromatic rings. The molecule has 2 amide bonds. The van der Waals surface area contributed by atoms with Crippen LogP contribution in [-0.2, 0) is 58.0 Å². The van der Waals surface area contributed by atoms with E-state index in [-0.39, 0.29) is 74.6 Å². The number of nitrogens with zero attached hydrogens (tertiary/aromatic N) is 3. The molecule has 0 bridgehead atoms. The van der Waals surface area contributed by atoms with E-state index in [2.05, 4.69) is 4.98 Å². The Hall–Kier alpha value is -7.37. The molecule has 0 fully saturated rings. The van der Waals surface area contributed by atoms with Gasteiger partial charge in [-0.25, -0.2) is 19.2 Å². The van der Waals surface area contributed by atoms with Crippen LogP contribution < -0.4 is 18.9 Å². The van der Waals surface area contributed by atoms with E-state index in [9.17, 15) is 29.4 Å². The highest BCUT2D eigenvalue weighted by molar-refractivity contribution is 5.97. The molecule has 0 radical (unpaired) electrons. The summed E-state index contributed by atoms with van der Waals surface area (Å²) in [5.74, 6) is -0.128. The van der Waals surface area contributed by atoms with Gasteiger partial charge in [-0.2, -0.15) is 0 Å². The zero-order chi connectivity index (χ0) is 47.6. The lowest BCUT2D eigenvalue weighted by Crippen LogP contribution is -2.34. The van der Waals surface area contributed by atoms with E-state index >= 15 is 0 Å². The SMILES string of the molecule is COc1ccc(CN(Cc2ccc(OC)cc2)C(=O)OC(C)OCCc2ncc(C(=O)O)c(CCOC(C)OC(=O)N(Cc3ccc(OC)cc3)Cc3ccc(OC)cc3)c2C(=O)O)cc1. The normalized spacial score (nSPS) is 11.7. The number of ether oxygens (including phenoxy) is 8. The molecule has 0 aliphatic carbocycles. The van der Waals surface area contributed by atoms with E-state index in [1.54, 1.807) is 77.0 Å². The largest absolute Gasteiger partial charge is 0.497 e. The molecule has 2 N–H and O–H groups in total. The van der Waals surface area contributed by atoms with Crippen LogP contribution >= 0.6 is 0 Å². The molecular formula is C49H55N3O14. The number of aromatic carboxylic acids is 2. The number of hydrogen-bond acceptors (Lipinski definition) is 13. The van der Waals surface area contributed by atoms with Crippen molar-refractivity contribution >= 4 is 24.1 Å². The van der Waals surface area contributed by atoms with Crippen molar-refractivity contribution in [2.45, 2.75) is 65.4 Å².